The first kappa shape index (κ1) is 13.2. The minimum Gasteiger partial charge on any atom is -0.481 e. The first-order valence-electron chi connectivity index (χ1n) is 5.57. The molecule has 0 aliphatic carbocycles. The number of aromatic nitrogens is 1. The summed E-state index contributed by atoms with van der Waals surface area (Å²) in [6.07, 6.45) is 1.51. The number of halogens is 1. The molecule has 0 aliphatic rings. The number of rotatable bonds is 5. The molecular weight excluding hydrogens is 314 g/mol. The minimum absolute atomic E-state index is 0.187. The molecule has 5 heteroatoms. The Balaban J connectivity index is 2.18. The van der Waals surface area contributed by atoms with Crippen LogP contribution in [0.25, 0.3) is 10.4 Å². The van der Waals surface area contributed by atoms with E-state index in [0.717, 1.165) is 20.6 Å². The number of hydrogen-bond donors (Lipinski definition) is 1. The van der Waals surface area contributed by atoms with E-state index in [2.05, 4.69) is 20.9 Å². The Morgan fingerprint density at radius 2 is 2.17 bits per heavy atom. The number of carboxylic acid groups (broad SMARTS) is 1. The van der Waals surface area contributed by atoms with Crippen molar-refractivity contribution in [2.24, 2.45) is 0 Å². The van der Waals surface area contributed by atoms with Crippen LogP contribution < -0.4 is 0 Å². The predicted molar refractivity (Wildman–Crippen MR) is 75.8 cm³/mol. The van der Waals surface area contributed by atoms with Crippen molar-refractivity contribution >= 4 is 33.2 Å². The van der Waals surface area contributed by atoms with Crippen molar-refractivity contribution in [2.45, 2.75) is 19.3 Å². The van der Waals surface area contributed by atoms with Crippen LogP contribution in [0.4, 0.5) is 0 Å². The molecule has 18 heavy (non-hydrogen) atoms. The zero-order valence-corrected chi connectivity index (χ0v) is 12.0. The lowest BCUT2D eigenvalue weighted by atomic mass is 10.1. The summed E-state index contributed by atoms with van der Waals surface area (Å²) in [7, 11) is 0. The van der Waals surface area contributed by atoms with Crippen LogP contribution in [0.2, 0.25) is 0 Å². The van der Waals surface area contributed by atoms with Gasteiger partial charge in [0, 0.05) is 16.5 Å². The maximum absolute atomic E-state index is 10.5. The number of carboxylic acids is 1. The Labute approximate surface area is 118 Å². The Morgan fingerprint density at radius 1 is 1.39 bits per heavy atom. The minimum atomic E-state index is -0.757. The monoisotopic (exact) mass is 325 g/mol. The van der Waals surface area contributed by atoms with Gasteiger partial charge in [-0.2, -0.15) is 0 Å². The summed E-state index contributed by atoms with van der Waals surface area (Å²) in [4.78, 5) is 16.0. The summed E-state index contributed by atoms with van der Waals surface area (Å²) in [5.74, 6) is -0.757. The van der Waals surface area contributed by atoms with Gasteiger partial charge in [0.05, 0.1) is 16.1 Å². The van der Waals surface area contributed by atoms with Gasteiger partial charge >= 0.3 is 5.97 Å². The Kier molecular flexibility index (Phi) is 4.49. The average Bonchev–Trinajstić information content (AvgIpc) is 2.77. The van der Waals surface area contributed by atoms with E-state index in [4.69, 9.17) is 5.11 Å². The number of thiazole rings is 1. The van der Waals surface area contributed by atoms with Gasteiger partial charge in [-0.1, -0.05) is 34.1 Å². The molecule has 1 aromatic heterocycles. The number of benzene rings is 1. The fourth-order valence-electron chi connectivity index (χ4n) is 1.72. The normalized spacial score (nSPS) is 10.5. The molecule has 1 N–H and O–H groups in total. The summed E-state index contributed by atoms with van der Waals surface area (Å²) < 4.78 is 1.04. The van der Waals surface area contributed by atoms with Gasteiger partial charge in [-0.15, -0.1) is 11.3 Å². The second-order valence-electron chi connectivity index (χ2n) is 3.86. The molecule has 0 unspecified atom stereocenters. The van der Waals surface area contributed by atoms with Gasteiger partial charge in [0.15, 0.2) is 0 Å². The predicted octanol–water partition coefficient (Wildman–Crippen LogP) is 3.98. The fraction of sp³-hybridized carbons (Fsp3) is 0.231. The van der Waals surface area contributed by atoms with Crippen LogP contribution in [0.1, 0.15) is 18.5 Å². The van der Waals surface area contributed by atoms with E-state index >= 15 is 0 Å². The second kappa shape index (κ2) is 6.11. The standard InChI is InChI=1S/C13H12BrNO2S/c14-10-5-2-1-4-9(10)13-11(15-8-18-13)6-3-7-12(16)17/h1-2,4-5,8H,3,6-7H2,(H,16,17). The van der Waals surface area contributed by atoms with Crippen molar-refractivity contribution in [3.05, 3.63) is 39.9 Å². The highest BCUT2D eigenvalue weighted by molar-refractivity contribution is 9.10. The Morgan fingerprint density at radius 3 is 2.89 bits per heavy atom. The zero-order valence-electron chi connectivity index (χ0n) is 9.60. The van der Waals surface area contributed by atoms with Crippen molar-refractivity contribution in [3.8, 4) is 10.4 Å². The second-order valence-corrected chi connectivity index (χ2v) is 5.56. The lowest BCUT2D eigenvalue weighted by molar-refractivity contribution is -0.137. The van der Waals surface area contributed by atoms with Crippen molar-refractivity contribution < 1.29 is 9.90 Å². The van der Waals surface area contributed by atoms with Crippen molar-refractivity contribution in [3.63, 3.8) is 0 Å². The number of aryl methyl sites for hydroxylation is 1. The van der Waals surface area contributed by atoms with E-state index < -0.39 is 5.97 Å². The lowest BCUT2D eigenvalue weighted by Gasteiger charge is -2.04. The number of carbonyl (C=O) groups is 1. The molecule has 3 nitrogen and oxygen atoms in total. The Hall–Kier alpha value is -1.20. The topological polar surface area (TPSA) is 50.2 Å². The highest BCUT2D eigenvalue weighted by atomic mass is 79.9. The van der Waals surface area contributed by atoms with Gasteiger partial charge in [-0.25, -0.2) is 4.98 Å². The van der Waals surface area contributed by atoms with Gasteiger partial charge in [0.25, 0.3) is 0 Å². The van der Waals surface area contributed by atoms with Crippen LogP contribution in [0.5, 0.6) is 0 Å². The summed E-state index contributed by atoms with van der Waals surface area (Å²) in [5, 5.41) is 8.65. The molecule has 0 amide bonds. The summed E-state index contributed by atoms with van der Waals surface area (Å²) in [5.41, 5.74) is 3.91. The maximum Gasteiger partial charge on any atom is 0.303 e. The molecule has 0 saturated carbocycles. The zero-order chi connectivity index (χ0) is 13.0. The summed E-state index contributed by atoms with van der Waals surface area (Å²) in [6, 6.07) is 7.99. The number of nitrogens with zero attached hydrogens (tertiary/aromatic N) is 1. The quantitative estimate of drug-likeness (QED) is 0.904. The molecular formula is C13H12BrNO2S. The van der Waals surface area contributed by atoms with Crippen LogP contribution in [0, 0.1) is 0 Å². The molecule has 0 saturated heterocycles. The van der Waals surface area contributed by atoms with Crippen LogP contribution in [0.15, 0.2) is 34.2 Å². The molecule has 0 fully saturated rings. The largest absolute Gasteiger partial charge is 0.481 e. The van der Waals surface area contributed by atoms with E-state index in [1.165, 1.54) is 0 Å². The third-order valence-corrected chi connectivity index (χ3v) is 4.16. The van der Waals surface area contributed by atoms with E-state index in [-0.39, 0.29) is 6.42 Å². The third-order valence-electron chi connectivity index (χ3n) is 2.56. The van der Waals surface area contributed by atoms with Crippen molar-refractivity contribution in [1.82, 2.24) is 4.98 Å². The first-order valence-corrected chi connectivity index (χ1v) is 7.25. The SMILES string of the molecule is O=C(O)CCCc1ncsc1-c1ccccc1Br. The van der Waals surface area contributed by atoms with E-state index in [0.29, 0.717) is 12.8 Å². The molecule has 0 spiro atoms. The van der Waals surface area contributed by atoms with Crippen LogP contribution in [0.3, 0.4) is 0 Å². The number of hydrogen-bond acceptors (Lipinski definition) is 3. The summed E-state index contributed by atoms with van der Waals surface area (Å²) in [6.45, 7) is 0. The van der Waals surface area contributed by atoms with Gasteiger partial charge in [0.2, 0.25) is 0 Å². The van der Waals surface area contributed by atoms with Gasteiger partial charge in [0.1, 0.15) is 0 Å². The van der Waals surface area contributed by atoms with E-state index in [9.17, 15) is 4.79 Å². The maximum atomic E-state index is 10.5. The van der Waals surface area contributed by atoms with Crippen LogP contribution >= 0.6 is 27.3 Å². The first-order chi connectivity index (χ1) is 8.68. The molecule has 0 aliphatic heterocycles. The van der Waals surface area contributed by atoms with E-state index in [1.54, 1.807) is 11.3 Å². The Bertz CT molecular complexity index is 553. The molecule has 1 aromatic carbocycles. The highest BCUT2D eigenvalue weighted by Gasteiger charge is 2.11. The van der Waals surface area contributed by atoms with Gasteiger partial charge < -0.3 is 5.11 Å². The van der Waals surface area contributed by atoms with Crippen LogP contribution in [-0.4, -0.2) is 16.1 Å². The van der Waals surface area contributed by atoms with Gasteiger partial charge in [-0.05, 0) is 18.9 Å². The molecule has 2 rings (SSSR count). The molecule has 1 heterocycles. The molecule has 0 radical (unpaired) electrons. The van der Waals surface area contributed by atoms with Crippen molar-refractivity contribution in [1.29, 1.82) is 0 Å². The highest BCUT2D eigenvalue weighted by Crippen LogP contribution is 2.33. The molecule has 94 valence electrons. The van der Waals surface area contributed by atoms with Crippen LogP contribution in [-0.2, 0) is 11.2 Å². The smallest absolute Gasteiger partial charge is 0.303 e. The third kappa shape index (κ3) is 3.17. The van der Waals surface area contributed by atoms with E-state index in [1.807, 2.05) is 29.8 Å². The number of aliphatic carboxylic acids is 1. The molecule has 0 bridgehead atoms. The molecule has 0 atom stereocenters. The van der Waals surface area contributed by atoms with Crippen molar-refractivity contribution in [2.75, 3.05) is 0 Å². The van der Waals surface area contributed by atoms with Gasteiger partial charge in [-0.3, -0.25) is 4.79 Å². The molecule has 2 aromatic rings. The average molecular weight is 326 g/mol. The lowest BCUT2D eigenvalue weighted by Crippen LogP contribution is -1.97. The summed E-state index contributed by atoms with van der Waals surface area (Å²) >= 11 is 5.12. The fourth-order valence-corrected chi connectivity index (χ4v) is 3.21.